The van der Waals surface area contributed by atoms with E-state index < -0.39 is 28.5 Å². The molecule has 0 saturated heterocycles. The highest BCUT2D eigenvalue weighted by Crippen LogP contribution is 2.27. The van der Waals surface area contributed by atoms with E-state index in [9.17, 15) is 18.0 Å². The lowest BCUT2D eigenvalue weighted by molar-refractivity contribution is -0.140. The van der Waals surface area contributed by atoms with Gasteiger partial charge in [0.15, 0.2) is 0 Å². The molecule has 3 aromatic rings. The summed E-state index contributed by atoms with van der Waals surface area (Å²) in [5.41, 5.74) is 1.79. The molecule has 0 aliphatic heterocycles. The second kappa shape index (κ2) is 13.7. The SMILES string of the molecule is CC(C)NC(=O)[C@@H](Cc1ccccc1)N(Cc1ccc(Br)cc1)C(=O)CN(c1cc(Cl)cc(Cl)c1)S(C)(=O)=O. The number of nitrogens with zero attached hydrogens (tertiary/aromatic N) is 2. The number of rotatable bonds is 11. The molecule has 0 spiro atoms. The van der Waals surface area contributed by atoms with Gasteiger partial charge in [0.25, 0.3) is 0 Å². The van der Waals surface area contributed by atoms with Crippen LogP contribution in [-0.2, 0) is 32.6 Å². The van der Waals surface area contributed by atoms with Crippen LogP contribution >= 0.6 is 39.1 Å². The number of halogens is 3. The van der Waals surface area contributed by atoms with Crippen molar-refractivity contribution in [1.82, 2.24) is 10.2 Å². The van der Waals surface area contributed by atoms with Crippen molar-refractivity contribution in [3.05, 3.63) is 98.4 Å². The van der Waals surface area contributed by atoms with Crippen LogP contribution in [0.1, 0.15) is 25.0 Å². The van der Waals surface area contributed by atoms with E-state index in [4.69, 9.17) is 23.2 Å². The molecule has 0 aliphatic rings. The van der Waals surface area contributed by atoms with Crippen molar-refractivity contribution in [1.29, 1.82) is 0 Å². The third-order valence-corrected chi connectivity index (χ3v) is 7.89. The Morgan fingerprint density at radius 1 is 0.923 bits per heavy atom. The fourth-order valence-corrected chi connectivity index (χ4v) is 5.63. The first-order valence-electron chi connectivity index (χ1n) is 12.2. The summed E-state index contributed by atoms with van der Waals surface area (Å²) in [7, 11) is -3.92. The molecular formula is C28H30BrCl2N3O4S. The molecule has 0 bridgehead atoms. The molecule has 0 fully saturated rings. The number of carbonyl (C=O) groups is 2. The number of anilines is 1. The van der Waals surface area contributed by atoms with E-state index in [0.717, 1.165) is 26.2 Å². The molecule has 0 heterocycles. The standard InChI is InChI=1S/C28H30BrCl2N3O4S/c1-19(2)32-28(36)26(13-20-7-5-4-6-8-20)33(17-21-9-11-22(29)12-10-21)27(35)18-34(39(3,37)38)25-15-23(30)14-24(31)16-25/h4-12,14-16,19,26H,13,17-18H2,1-3H3,(H,32,36)/t26-/m1/s1. The lowest BCUT2D eigenvalue weighted by Crippen LogP contribution is -2.54. The molecule has 3 rings (SSSR count). The van der Waals surface area contributed by atoms with Gasteiger partial charge in [0.05, 0.1) is 11.9 Å². The number of amides is 2. The Hall–Kier alpha value is -2.59. The summed E-state index contributed by atoms with van der Waals surface area (Å²) in [6.45, 7) is 3.22. The maximum Gasteiger partial charge on any atom is 0.244 e. The summed E-state index contributed by atoms with van der Waals surface area (Å²) >= 11 is 15.7. The second-order valence-electron chi connectivity index (χ2n) is 9.41. The number of sulfonamides is 1. The molecular weight excluding hydrogens is 625 g/mol. The molecule has 208 valence electrons. The predicted octanol–water partition coefficient (Wildman–Crippen LogP) is 5.69. The number of hydrogen-bond acceptors (Lipinski definition) is 4. The van der Waals surface area contributed by atoms with Gasteiger partial charge < -0.3 is 10.2 Å². The zero-order valence-electron chi connectivity index (χ0n) is 21.8. The van der Waals surface area contributed by atoms with Gasteiger partial charge in [-0.3, -0.25) is 13.9 Å². The molecule has 1 atom stereocenters. The molecule has 0 aliphatic carbocycles. The minimum Gasteiger partial charge on any atom is -0.352 e. The normalized spacial score (nSPS) is 12.2. The van der Waals surface area contributed by atoms with Crippen molar-refractivity contribution >= 4 is 66.7 Å². The number of nitrogens with one attached hydrogen (secondary N) is 1. The molecule has 0 aromatic heterocycles. The van der Waals surface area contributed by atoms with E-state index in [-0.39, 0.29) is 40.6 Å². The number of benzene rings is 3. The van der Waals surface area contributed by atoms with E-state index in [1.165, 1.54) is 23.1 Å². The van der Waals surface area contributed by atoms with Gasteiger partial charge in [0.2, 0.25) is 21.8 Å². The van der Waals surface area contributed by atoms with Gasteiger partial charge in [-0.15, -0.1) is 0 Å². The fraction of sp³-hybridized carbons (Fsp3) is 0.286. The van der Waals surface area contributed by atoms with Crippen molar-refractivity contribution in [2.24, 2.45) is 0 Å². The zero-order valence-corrected chi connectivity index (χ0v) is 25.7. The summed E-state index contributed by atoms with van der Waals surface area (Å²) in [5.74, 6) is -0.893. The molecule has 39 heavy (non-hydrogen) atoms. The van der Waals surface area contributed by atoms with Gasteiger partial charge in [-0.1, -0.05) is 81.6 Å². The average Bonchev–Trinajstić information content (AvgIpc) is 2.84. The molecule has 0 unspecified atom stereocenters. The topological polar surface area (TPSA) is 86.8 Å². The monoisotopic (exact) mass is 653 g/mol. The Morgan fingerprint density at radius 3 is 2.05 bits per heavy atom. The van der Waals surface area contributed by atoms with E-state index >= 15 is 0 Å². The van der Waals surface area contributed by atoms with Crippen LogP contribution in [0.2, 0.25) is 10.0 Å². The molecule has 1 N–H and O–H groups in total. The van der Waals surface area contributed by atoms with Crippen LogP contribution < -0.4 is 9.62 Å². The number of carbonyl (C=O) groups excluding carboxylic acids is 2. The summed E-state index contributed by atoms with van der Waals surface area (Å²) < 4.78 is 27.5. The molecule has 3 aromatic carbocycles. The summed E-state index contributed by atoms with van der Waals surface area (Å²) in [6.07, 6.45) is 1.24. The van der Waals surface area contributed by atoms with Crippen LogP contribution in [0, 0.1) is 0 Å². The lowest BCUT2D eigenvalue weighted by atomic mass is 10.0. The maximum absolute atomic E-state index is 14.0. The highest BCUT2D eigenvalue weighted by molar-refractivity contribution is 9.10. The Kier molecular flexibility index (Phi) is 10.8. The molecule has 2 amide bonds. The lowest BCUT2D eigenvalue weighted by Gasteiger charge is -2.34. The van der Waals surface area contributed by atoms with Crippen molar-refractivity contribution in [3.63, 3.8) is 0 Å². The third-order valence-electron chi connectivity index (χ3n) is 5.78. The van der Waals surface area contributed by atoms with Crippen LogP contribution in [0.5, 0.6) is 0 Å². The number of hydrogen-bond donors (Lipinski definition) is 1. The van der Waals surface area contributed by atoms with Crippen LogP contribution in [0.3, 0.4) is 0 Å². The summed E-state index contributed by atoms with van der Waals surface area (Å²) in [5, 5.41) is 3.37. The van der Waals surface area contributed by atoms with Crippen LogP contribution in [-0.4, -0.2) is 50.0 Å². The molecule has 0 saturated carbocycles. The molecule has 7 nitrogen and oxygen atoms in total. The third kappa shape index (κ3) is 9.24. The highest BCUT2D eigenvalue weighted by Gasteiger charge is 2.33. The molecule has 0 radical (unpaired) electrons. The van der Waals surface area contributed by atoms with Crippen molar-refractivity contribution in [3.8, 4) is 0 Å². The van der Waals surface area contributed by atoms with Gasteiger partial charge in [-0.2, -0.15) is 0 Å². The Labute approximate surface area is 248 Å². The maximum atomic E-state index is 14.0. The average molecular weight is 655 g/mol. The quantitative estimate of drug-likeness (QED) is 0.288. The fourth-order valence-electron chi connectivity index (χ4n) is 4.02. The largest absolute Gasteiger partial charge is 0.352 e. The Morgan fingerprint density at radius 2 is 1.51 bits per heavy atom. The van der Waals surface area contributed by atoms with Crippen molar-refractivity contribution in [2.75, 3.05) is 17.1 Å². The first kappa shape index (κ1) is 30.9. The minimum absolute atomic E-state index is 0.0863. The van der Waals surface area contributed by atoms with Gasteiger partial charge in [0, 0.05) is 33.5 Å². The van der Waals surface area contributed by atoms with Crippen molar-refractivity contribution in [2.45, 2.75) is 38.9 Å². The smallest absolute Gasteiger partial charge is 0.244 e. The van der Waals surface area contributed by atoms with E-state index in [2.05, 4.69) is 21.2 Å². The molecule has 11 heteroatoms. The van der Waals surface area contributed by atoms with Gasteiger partial charge in [-0.05, 0) is 55.3 Å². The Bertz CT molecular complexity index is 1380. The van der Waals surface area contributed by atoms with Gasteiger partial charge in [-0.25, -0.2) is 8.42 Å². The first-order valence-corrected chi connectivity index (χ1v) is 15.5. The van der Waals surface area contributed by atoms with Gasteiger partial charge >= 0.3 is 0 Å². The van der Waals surface area contributed by atoms with Crippen LogP contribution in [0.25, 0.3) is 0 Å². The van der Waals surface area contributed by atoms with E-state index in [1.807, 2.05) is 68.4 Å². The van der Waals surface area contributed by atoms with Crippen LogP contribution in [0.15, 0.2) is 77.3 Å². The van der Waals surface area contributed by atoms with E-state index in [0.29, 0.717) is 0 Å². The van der Waals surface area contributed by atoms with Gasteiger partial charge in [0.1, 0.15) is 12.6 Å². The minimum atomic E-state index is -3.92. The Balaban J connectivity index is 2.06. The predicted molar refractivity (Wildman–Crippen MR) is 161 cm³/mol. The summed E-state index contributed by atoms with van der Waals surface area (Å²) in [6, 6.07) is 20.0. The van der Waals surface area contributed by atoms with E-state index in [1.54, 1.807) is 0 Å². The first-order chi connectivity index (χ1) is 18.3. The van der Waals surface area contributed by atoms with Crippen LogP contribution in [0.4, 0.5) is 5.69 Å². The second-order valence-corrected chi connectivity index (χ2v) is 13.1. The van der Waals surface area contributed by atoms with Crippen molar-refractivity contribution < 1.29 is 18.0 Å². The zero-order chi connectivity index (χ0) is 28.7. The highest BCUT2D eigenvalue weighted by atomic mass is 79.9. The summed E-state index contributed by atoms with van der Waals surface area (Å²) in [4.78, 5) is 28.9.